The number of aromatic nitrogens is 3. The Labute approximate surface area is 148 Å². The topological polar surface area (TPSA) is 79.0 Å². The maximum absolute atomic E-state index is 12.7. The third kappa shape index (κ3) is 3.07. The zero-order valence-corrected chi connectivity index (χ0v) is 14.7. The molecule has 1 aliphatic rings. The number of carbonyl (C=O) groups excluding carboxylic acids is 1. The molecule has 0 radical (unpaired) electrons. The summed E-state index contributed by atoms with van der Waals surface area (Å²) in [5, 5.41) is 1.83. The highest BCUT2D eigenvalue weighted by molar-refractivity contribution is 7.17. The van der Waals surface area contributed by atoms with Gasteiger partial charge in [-0.1, -0.05) is 6.92 Å². The lowest BCUT2D eigenvalue weighted by Gasteiger charge is -2.30. The first kappa shape index (κ1) is 16.0. The summed E-state index contributed by atoms with van der Waals surface area (Å²) in [7, 11) is 0. The van der Waals surface area contributed by atoms with Gasteiger partial charge in [-0.15, -0.1) is 11.3 Å². The smallest absolute Gasteiger partial charge is 0.269 e. The molecule has 3 aromatic rings. The predicted octanol–water partition coefficient (Wildman–Crippen LogP) is 2.92. The zero-order valence-electron chi connectivity index (χ0n) is 13.9. The zero-order chi connectivity index (χ0) is 17.4. The van der Waals surface area contributed by atoms with E-state index in [0.717, 1.165) is 25.9 Å². The van der Waals surface area contributed by atoms with E-state index in [2.05, 4.69) is 21.9 Å². The Balaban J connectivity index is 1.66. The monoisotopic (exact) mass is 354 g/mol. The van der Waals surface area contributed by atoms with Crippen LogP contribution in [0.1, 0.15) is 30.1 Å². The van der Waals surface area contributed by atoms with E-state index in [1.807, 2.05) is 16.3 Å². The number of fused-ring (bicyclic) bond motifs is 1. The number of H-pyrrole nitrogens is 1. The van der Waals surface area contributed by atoms with Crippen LogP contribution in [0.3, 0.4) is 0 Å². The van der Waals surface area contributed by atoms with Gasteiger partial charge in [0.1, 0.15) is 10.4 Å². The van der Waals surface area contributed by atoms with Crippen molar-refractivity contribution in [2.24, 2.45) is 5.92 Å². The highest BCUT2D eigenvalue weighted by atomic mass is 32.1. The Morgan fingerprint density at radius 3 is 2.92 bits per heavy atom. The molecule has 6 nitrogen and oxygen atoms in total. The second kappa shape index (κ2) is 6.40. The Morgan fingerprint density at radius 2 is 2.12 bits per heavy atom. The van der Waals surface area contributed by atoms with E-state index in [0.29, 0.717) is 33.2 Å². The number of pyridine rings is 1. The highest BCUT2D eigenvalue weighted by Gasteiger charge is 2.22. The molecule has 1 N–H and O–H groups in total. The van der Waals surface area contributed by atoms with Crippen molar-refractivity contribution < 1.29 is 4.79 Å². The van der Waals surface area contributed by atoms with E-state index in [-0.39, 0.29) is 11.5 Å². The van der Waals surface area contributed by atoms with Gasteiger partial charge in [0, 0.05) is 24.8 Å². The van der Waals surface area contributed by atoms with Crippen LogP contribution in [-0.2, 0) is 0 Å². The number of hydrogen-bond acceptors (Lipinski definition) is 5. The Bertz CT molecular complexity index is 986. The van der Waals surface area contributed by atoms with Gasteiger partial charge in [-0.25, -0.2) is 4.98 Å². The summed E-state index contributed by atoms with van der Waals surface area (Å²) in [6, 6.07) is 5.23. The summed E-state index contributed by atoms with van der Waals surface area (Å²) in [5.41, 5.74) is 1.54. The third-order valence-corrected chi connectivity index (χ3v) is 5.54. The van der Waals surface area contributed by atoms with Crippen molar-refractivity contribution in [3.05, 3.63) is 45.7 Å². The first-order valence-corrected chi connectivity index (χ1v) is 9.23. The number of piperidine rings is 1. The summed E-state index contributed by atoms with van der Waals surface area (Å²) in [6.07, 6.45) is 3.66. The molecule has 0 unspecified atom stereocenters. The number of amides is 1. The van der Waals surface area contributed by atoms with Crippen molar-refractivity contribution in [2.45, 2.75) is 19.8 Å². The van der Waals surface area contributed by atoms with Gasteiger partial charge >= 0.3 is 0 Å². The number of nitrogens with one attached hydrogen (secondary N) is 1. The Hall–Kier alpha value is -2.54. The quantitative estimate of drug-likeness (QED) is 0.767. The lowest BCUT2D eigenvalue weighted by Crippen LogP contribution is -2.37. The highest BCUT2D eigenvalue weighted by Crippen LogP contribution is 2.21. The normalized spacial score (nSPS) is 15.6. The van der Waals surface area contributed by atoms with E-state index >= 15 is 0 Å². The molecule has 1 amide bonds. The molecule has 0 saturated carbocycles. The van der Waals surface area contributed by atoms with E-state index in [1.165, 1.54) is 11.3 Å². The summed E-state index contributed by atoms with van der Waals surface area (Å²) in [6.45, 7) is 3.79. The minimum absolute atomic E-state index is 0.00880. The molecule has 0 spiro atoms. The van der Waals surface area contributed by atoms with Gasteiger partial charge in [-0.2, -0.15) is 0 Å². The maximum Gasteiger partial charge on any atom is 0.269 e. The molecule has 128 valence electrons. The van der Waals surface area contributed by atoms with Crippen LogP contribution in [0.5, 0.6) is 0 Å². The van der Waals surface area contributed by atoms with Crippen molar-refractivity contribution in [3.8, 4) is 11.5 Å². The average Bonchev–Trinajstić information content (AvgIpc) is 3.11. The van der Waals surface area contributed by atoms with Crippen LogP contribution >= 0.6 is 11.3 Å². The van der Waals surface area contributed by atoms with Crippen LogP contribution < -0.4 is 5.56 Å². The molecule has 1 aliphatic heterocycles. The number of hydrogen-bond donors (Lipinski definition) is 1. The first-order valence-electron chi connectivity index (χ1n) is 8.35. The molecule has 0 bridgehead atoms. The average molecular weight is 354 g/mol. The molecule has 1 saturated heterocycles. The van der Waals surface area contributed by atoms with E-state index in [1.54, 1.807) is 18.3 Å². The van der Waals surface area contributed by atoms with Gasteiger partial charge in [0.05, 0.1) is 5.52 Å². The fourth-order valence-electron chi connectivity index (χ4n) is 3.08. The fourth-order valence-corrected chi connectivity index (χ4v) is 3.81. The van der Waals surface area contributed by atoms with Gasteiger partial charge in [0.2, 0.25) is 0 Å². The third-order valence-electron chi connectivity index (χ3n) is 4.64. The minimum atomic E-state index is -0.182. The van der Waals surface area contributed by atoms with Crippen molar-refractivity contribution in [1.82, 2.24) is 19.9 Å². The Kier molecular flexibility index (Phi) is 4.09. The number of nitrogens with zero attached hydrogens (tertiary/aromatic N) is 3. The molecular formula is C18H18N4O2S. The van der Waals surface area contributed by atoms with Crippen molar-refractivity contribution in [2.75, 3.05) is 13.1 Å². The summed E-state index contributed by atoms with van der Waals surface area (Å²) in [5.74, 6) is 1.07. The molecule has 4 heterocycles. The molecule has 0 aliphatic carbocycles. The number of rotatable bonds is 2. The molecule has 7 heteroatoms. The molecule has 3 aromatic heterocycles. The van der Waals surface area contributed by atoms with Crippen LogP contribution in [0, 0.1) is 5.92 Å². The number of carbonyl (C=O) groups is 1. The molecule has 0 atom stereocenters. The Morgan fingerprint density at radius 1 is 1.32 bits per heavy atom. The standard InChI is InChI=1S/C18H18N4O2S/c1-11-3-7-22(8-4-11)18(24)12-2-6-19-14(10-12)16-20-13-5-9-25-15(13)17(23)21-16/h2,5-6,9-11H,3-4,7-8H2,1H3,(H,20,21,23). The van der Waals surface area contributed by atoms with Crippen LogP contribution in [0.4, 0.5) is 0 Å². The predicted molar refractivity (Wildman–Crippen MR) is 97.8 cm³/mol. The van der Waals surface area contributed by atoms with Gasteiger partial charge in [0.15, 0.2) is 5.82 Å². The van der Waals surface area contributed by atoms with Crippen LogP contribution in [-0.4, -0.2) is 38.8 Å². The first-order chi connectivity index (χ1) is 12.1. The van der Waals surface area contributed by atoms with Crippen molar-refractivity contribution in [1.29, 1.82) is 0 Å². The molecule has 1 fully saturated rings. The van der Waals surface area contributed by atoms with E-state index in [4.69, 9.17) is 0 Å². The second-order valence-electron chi connectivity index (χ2n) is 6.45. The summed E-state index contributed by atoms with van der Waals surface area (Å²) < 4.78 is 0.596. The van der Waals surface area contributed by atoms with Crippen LogP contribution in [0.15, 0.2) is 34.6 Å². The summed E-state index contributed by atoms with van der Waals surface area (Å²) in [4.78, 5) is 38.3. The molecule has 4 rings (SSSR count). The molecule has 0 aromatic carbocycles. The van der Waals surface area contributed by atoms with Crippen LogP contribution in [0.25, 0.3) is 21.7 Å². The van der Waals surface area contributed by atoms with E-state index < -0.39 is 0 Å². The summed E-state index contributed by atoms with van der Waals surface area (Å²) >= 11 is 1.36. The van der Waals surface area contributed by atoms with Gasteiger partial charge < -0.3 is 9.88 Å². The largest absolute Gasteiger partial charge is 0.339 e. The van der Waals surface area contributed by atoms with Crippen molar-refractivity contribution >= 4 is 27.5 Å². The lowest BCUT2D eigenvalue weighted by atomic mass is 9.98. The maximum atomic E-state index is 12.7. The van der Waals surface area contributed by atoms with Gasteiger partial charge in [-0.3, -0.25) is 14.6 Å². The van der Waals surface area contributed by atoms with Gasteiger partial charge in [-0.05, 0) is 42.3 Å². The fraction of sp³-hybridized carbons (Fsp3) is 0.333. The molecular weight excluding hydrogens is 336 g/mol. The van der Waals surface area contributed by atoms with E-state index in [9.17, 15) is 9.59 Å². The molecule has 25 heavy (non-hydrogen) atoms. The lowest BCUT2D eigenvalue weighted by molar-refractivity contribution is 0.0697. The number of likely N-dealkylation sites (tertiary alicyclic amines) is 1. The second-order valence-corrected chi connectivity index (χ2v) is 7.37. The number of thiophene rings is 1. The minimum Gasteiger partial charge on any atom is -0.339 e. The number of aromatic amines is 1. The van der Waals surface area contributed by atoms with Gasteiger partial charge in [0.25, 0.3) is 11.5 Å². The SMILES string of the molecule is CC1CCN(C(=O)c2ccnc(-c3nc4ccsc4c(=O)[nH]3)c2)CC1. The van der Waals surface area contributed by atoms with Crippen molar-refractivity contribution in [3.63, 3.8) is 0 Å². The van der Waals surface area contributed by atoms with Crippen LogP contribution in [0.2, 0.25) is 0 Å².